The molecular formula is C16H22N4O3. The molecule has 0 aliphatic rings. The summed E-state index contributed by atoms with van der Waals surface area (Å²) in [6.07, 6.45) is 0.980. The number of ether oxygens (including phenoxy) is 2. The normalized spacial score (nSPS) is 10.9. The van der Waals surface area contributed by atoms with E-state index in [-0.39, 0.29) is 18.3 Å². The van der Waals surface area contributed by atoms with Crippen LogP contribution in [0.3, 0.4) is 0 Å². The van der Waals surface area contributed by atoms with Crippen molar-refractivity contribution in [3.8, 4) is 5.69 Å². The van der Waals surface area contributed by atoms with Gasteiger partial charge in [0.1, 0.15) is 11.4 Å². The number of hydrogen-bond donors (Lipinski definition) is 2. The highest BCUT2D eigenvalue weighted by Gasteiger charge is 2.17. The number of nitrogens with zero attached hydrogens (tertiary/aromatic N) is 2. The Labute approximate surface area is 135 Å². The van der Waals surface area contributed by atoms with Crippen LogP contribution < -0.4 is 11.1 Å². The number of amides is 1. The van der Waals surface area contributed by atoms with Gasteiger partial charge >= 0.3 is 0 Å². The Morgan fingerprint density at radius 1 is 1.26 bits per heavy atom. The summed E-state index contributed by atoms with van der Waals surface area (Å²) in [7, 11) is 0. The quantitative estimate of drug-likeness (QED) is 0.721. The highest BCUT2D eigenvalue weighted by molar-refractivity contribution is 5.98. The lowest BCUT2D eigenvalue weighted by Crippen LogP contribution is -2.35. The zero-order chi connectivity index (χ0) is 16.7. The number of aromatic nitrogens is 2. The highest BCUT2D eigenvalue weighted by atomic mass is 16.7. The maximum atomic E-state index is 12.3. The first-order chi connectivity index (χ1) is 11.2. The molecule has 0 atom stereocenters. The van der Waals surface area contributed by atoms with Crippen molar-refractivity contribution in [1.29, 1.82) is 0 Å². The SMILES string of the molecule is CCOC(CNC(=O)c1cnn(-c2ccccc2)c1N)OCC. The molecule has 0 spiro atoms. The van der Waals surface area contributed by atoms with Crippen molar-refractivity contribution < 1.29 is 14.3 Å². The average molecular weight is 318 g/mol. The molecule has 7 heteroatoms. The summed E-state index contributed by atoms with van der Waals surface area (Å²) in [5.74, 6) is -0.0212. The predicted octanol–water partition coefficient (Wildman–Crippen LogP) is 1.58. The first kappa shape index (κ1) is 17.0. The number of anilines is 1. The lowest BCUT2D eigenvalue weighted by Gasteiger charge is -2.17. The van der Waals surface area contributed by atoms with E-state index in [1.807, 2.05) is 44.2 Å². The number of benzene rings is 1. The van der Waals surface area contributed by atoms with Gasteiger partial charge in [-0.2, -0.15) is 5.10 Å². The molecular weight excluding hydrogens is 296 g/mol. The monoisotopic (exact) mass is 318 g/mol. The van der Waals surface area contributed by atoms with Crippen molar-refractivity contribution in [2.75, 3.05) is 25.5 Å². The second-order valence-electron chi connectivity index (χ2n) is 4.74. The Kier molecular flexibility index (Phi) is 6.13. The Morgan fingerprint density at radius 3 is 2.52 bits per heavy atom. The zero-order valence-electron chi connectivity index (χ0n) is 13.4. The second-order valence-corrected chi connectivity index (χ2v) is 4.74. The van der Waals surface area contributed by atoms with E-state index in [0.717, 1.165) is 5.69 Å². The van der Waals surface area contributed by atoms with Gasteiger partial charge in [0, 0.05) is 13.2 Å². The molecule has 0 saturated heterocycles. The van der Waals surface area contributed by atoms with E-state index >= 15 is 0 Å². The van der Waals surface area contributed by atoms with Crippen LogP contribution in [0.15, 0.2) is 36.5 Å². The van der Waals surface area contributed by atoms with Crippen molar-refractivity contribution in [2.24, 2.45) is 0 Å². The molecule has 1 aromatic carbocycles. The molecule has 1 aromatic heterocycles. The minimum absolute atomic E-state index is 0.246. The zero-order valence-corrected chi connectivity index (χ0v) is 13.4. The van der Waals surface area contributed by atoms with Gasteiger partial charge in [0.15, 0.2) is 6.29 Å². The van der Waals surface area contributed by atoms with Crippen molar-refractivity contribution in [3.63, 3.8) is 0 Å². The minimum atomic E-state index is -0.473. The number of rotatable bonds is 8. The Hall–Kier alpha value is -2.38. The third kappa shape index (κ3) is 4.30. The number of nitrogens with one attached hydrogen (secondary N) is 1. The summed E-state index contributed by atoms with van der Waals surface area (Å²) in [6.45, 7) is 5.01. The maximum absolute atomic E-state index is 12.3. The summed E-state index contributed by atoms with van der Waals surface area (Å²) >= 11 is 0. The second kappa shape index (κ2) is 8.30. The predicted molar refractivity (Wildman–Crippen MR) is 87.3 cm³/mol. The summed E-state index contributed by atoms with van der Waals surface area (Å²) in [6, 6.07) is 9.39. The lowest BCUT2D eigenvalue weighted by molar-refractivity contribution is -0.131. The third-order valence-electron chi connectivity index (χ3n) is 3.19. The molecule has 124 valence electrons. The molecule has 0 aliphatic heterocycles. The first-order valence-electron chi connectivity index (χ1n) is 7.57. The minimum Gasteiger partial charge on any atom is -0.383 e. The maximum Gasteiger partial charge on any atom is 0.256 e. The van der Waals surface area contributed by atoms with Crippen molar-refractivity contribution in [3.05, 3.63) is 42.1 Å². The molecule has 2 rings (SSSR count). The largest absolute Gasteiger partial charge is 0.383 e. The van der Waals surface area contributed by atoms with Gasteiger partial charge in [-0.1, -0.05) is 18.2 Å². The highest BCUT2D eigenvalue weighted by Crippen LogP contribution is 2.16. The van der Waals surface area contributed by atoms with Gasteiger partial charge in [0.05, 0.1) is 18.4 Å². The molecule has 0 bridgehead atoms. The molecule has 3 N–H and O–H groups in total. The molecule has 1 heterocycles. The van der Waals surface area contributed by atoms with Gasteiger partial charge in [-0.15, -0.1) is 0 Å². The van der Waals surface area contributed by atoms with Crippen LogP contribution in [0, 0.1) is 0 Å². The van der Waals surface area contributed by atoms with Gasteiger partial charge < -0.3 is 20.5 Å². The number of hydrogen-bond acceptors (Lipinski definition) is 5. The number of para-hydroxylation sites is 1. The van der Waals surface area contributed by atoms with E-state index in [0.29, 0.717) is 18.8 Å². The Bertz CT molecular complexity index is 622. The molecule has 0 radical (unpaired) electrons. The standard InChI is InChI=1S/C16H22N4O3/c1-3-22-14(23-4-2)11-18-16(21)13-10-19-20(15(13)17)12-8-6-5-7-9-12/h5-10,14H,3-4,11,17H2,1-2H3,(H,18,21). The molecule has 0 unspecified atom stereocenters. The summed E-state index contributed by atoms with van der Waals surface area (Å²) in [4.78, 5) is 12.3. The summed E-state index contributed by atoms with van der Waals surface area (Å²) < 4.78 is 12.3. The molecule has 1 amide bonds. The number of nitrogens with two attached hydrogens (primary N) is 1. The van der Waals surface area contributed by atoms with Crippen LogP contribution in [0.2, 0.25) is 0 Å². The van der Waals surface area contributed by atoms with E-state index in [2.05, 4.69) is 10.4 Å². The van der Waals surface area contributed by atoms with E-state index in [1.54, 1.807) is 0 Å². The van der Waals surface area contributed by atoms with Crippen molar-refractivity contribution in [2.45, 2.75) is 20.1 Å². The van der Waals surface area contributed by atoms with Crippen molar-refractivity contribution >= 4 is 11.7 Å². The molecule has 0 saturated carbocycles. The lowest BCUT2D eigenvalue weighted by atomic mass is 10.3. The fraction of sp³-hybridized carbons (Fsp3) is 0.375. The molecule has 0 aliphatic carbocycles. The fourth-order valence-corrected chi connectivity index (χ4v) is 2.12. The Morgan fingerprint density at radius 2 is 1.91 bits per heavy atom. The van der Waals surface area contributed by atoms with E-state index in [1.165, 1.54) is 10.9 Å². The van der Waals surface area contributed by atoms with Crippen LogP contribution in [0.25, 0.3) is 5.69 Å². The van der Waals surface area contributed by atoms with Crippen LogP contribution >= 0.6 is 0 Å². The van der Waals surface area contributed by atoms with E-state index in [9.17, 15) is 4.79 Å². The van der Waals surface area contributed by atoms with E-state index in [4.69, 9.17) is 15.2 Å². The molecule has 23 heavy (non-hydrogen) atoms. The van der Waals surface area contributed by atoms with E-state index < -0.39 is 6.29 Å². The topological polar surface area (TPSA) is 91.4 Å². The summed E-state index contributed by atoms with van der Waals surface area (Å²) in [5, 5.41) is 6.93. The van der Waals surface area contributed by atoms with Crippen molar-refractivity contribution in [1.82, 2.24) is 15.1 Å². The smallest absolute Gasteiger partial charge is 0.256 e. The van der Waals surface area contributed by atoms with Gasteiger partial charge in [-0.3, -0.25) is 4.79 Å². The average Bonchev–Trinajstić information content (AvgIpc) is 2.95. The number of nitrogen functional groups attached to an aromatic ring is 1. The molecule has 7 nitrogen and oxygen atoms in total. The molecule has 0 fully saturated rings. The van der Waals surface area contributed by atoms with Gasteiger partial charge in [-0.05, 0) is 26.0 Å². The van der Waals surface area contributed by atoms with Gasteiger partial charge in [0.2, 0.25) is 0 Å². The third-order valence-corrected chi connectivity index (χ3v) is 3.19. The van der Waals surface area contributed by atoms with Crippen LogP contribution in [0.1, 0.15) is 24.2 Å². The molecule has 2 aromatic rings. The van der Waals surface area contributed by atoms with Crippen LogP contribution in [0.4, 0.5) is 5.82 Å². The fourth-order valence-electron chi connectivity index (χ4n) is 2.12. The Balaban J connectivity index is 2.04. The van der Waals surface area contributed by atoms with Crippen LogP contribution in [0.5, 0.6) is 0 Å². The van der Waals surface area contributed by atoms with Crippen LogP contribution in [-0.4, -0.2) is 41.7 Å². The first-order valence-corrected chi connectivity index (χ1v) is 7.57. The van der Waals surface area contributed by atoms with Gasteiger partial charge in [0.25, 0.3) is 5.91 Å². The summed E-state index contributed by atoms with van der Waals surface area (Å²) in [5.41, 5.74) is 7.15. The number of carbonyl (C=O) groups is 1. The van der Waals surface area contributed by atoms with Crippen LogP contribution in [-0.2, 0) is 9.47 Å². The number of carbonyl (C=O) groups excluding carboxylic acids is 1. The van der Waals surface area contributed by atoms with Gasteiger partial charge in [-0.25, -0.2) is 4.68 Å².